The van der Waals surface area contributed by atoms with Crippen LogP contribution in [0.25, 0.3) is 0 Å². The van der Waals surface area contributed by atoms with Crippen molar-refractivity contribution >= 4 is 58.2 Å². The number of piperidine rings is 2. The molecule has 2 unspecified atom stereocenters. The molecular weight excluding hydrogens is 699 g/mol. The van der Waals surface area contributed by atoms with E-state index in [2.05, 4.69) is 28.2 Å². The fraction of sp³-hybridized carbons (Fsp3) is 0.425. The molecule has 11 nitrogen and oxygen atoms in total. The molecule has 4 N–H and O–H groups in total. The molecule has 0 saturated carbocycles. The third-order valence-corrected chi connectivity index (χ3v) is 10.2. The fourth-order valence-corrected chi connectivity index (χ4v) is 6.83. The van der Waals surface area contributed by atoms with Gasteiger partial charge in [-0.15, -0.1) is 0 Å². The highest BCUT2D eigenvalue weighted by atomic mass is 35.5. The second-order valence-electron chi connectivity index (χ2n) is 14.5. The van der Waals surface area contributed by atoms with Gasteiger partial charge in [-0.25, -0.2) is 4.39 Å². The van der Waals surface area contributed by atoms with E-state index >= 15 is 0 Å². The molecule has 282 valence electrons. The highest BCUT2D eigenvalue weighted by molar-refractivity contribution is 6.34. The third-order valence-electron chi connectivity index (χ3n) is 9.85. The summed E-state index contributed by atoms with van der Waals surface area (Å²) in [5.41, 5.74) is 2.46. The lowest BCUT2D eigenvalue weighted by Gasteiger charge is -2.32. The van der Waals surface area contributed by atoms with E-state index in [1.54, 1.807) is 61.5 Å². The van der Waals surface area contributed by atoms with Gasteiger partial charge in [-0.05, 0) is 118 Å². The maximum atomic E-state index is 13.9. The monoisotopic (exact) mass is 746 g/mol. The lowest BCUT2D eigenvalue weighted by atomic mass is 9.94. The molecule has 0 bridgehead atoms. The zero-order chi connectivity index (χ0) is 38.2. The second-order valence-corrected chi connectivity index (χ2v) is 14.9. The Bertz CT molecular complexity index is 1830. The van der Waals surface area contributed by atoms with E-state index < -0.39 is 17.8 Å². The molecule has 0 spiro atoms. The van der Waals surface area contributed by atoms with Crippen molar-refractivity contribution in [3.63, 3.8) is 0 Å². The first kappa shape index (κ1) is 39.4. The molecule has 0 aromatic heterocycles. The summed E-state index contributed by atoms with van der Waals surface area (Å²) >= 11 is 6.38. The van der Waals surface area contributed by atoms with Crippen molar-refractivity contribution in [2.75, 3.05) is 48.7 Å². The van der Waals surface area contributed by atoms with Gasteiger partial charge in [0.25, 0.3) is 11.8 Å². The molecular formula is C40H48ClFN6O5. The van der Waals surface area contributed by atoms with E-state index in [1.807, 2.05) is 23.6 Å². The summed E-state index contributed by atoms with van der Waals surface area (Å²) in [5, 5.41) is 11.6. The van der Waals surface area contributed by atoms with Crippen molar-refractivity contribution < 1.29 is 28.4 Å². The molecule has 2 atom stereocenters. The molecule has 2 fully saturated rings. The molecule has 53 heavy (non-hydrogen) atoms. The van der Waals surface area contributed by atoms with Crippen LogP contribution in [0.4, 0.5) is 21.5 Å². The van der Waals surface area contributed by atoms with Crippen molar-refractivity contribution in [2.24, 2.45) is 17.8 Å². The van der Waals surface area contributed by atoms with Gasteiger partial charge in [0.2, 0.25) is 17.7 Å². The van der Waals surface area contributed by atoms with E-state index in [0.717, 1.165) is 12.8 Å². The highest BCUT2D eigenvalue weighted by Crippen LogP contribution is 2.26. The predicted molar refractivity (Wildman–Crippen MR) is 204 cm³/mol. The molecule has 5 amide bonds. The van der Waals surface area contributed by atoms with Crippen LogP contribution in [0.2, 0.25) is 5.02 Å². The number of anilines is 3. The number of amides is 5. The van der Waals surface area contributed by atoms with Crippen molar-refractivity contribution in [1.82, 2.24) is 15.1 Å². The SMILES string of the molecule is Cc1ccc(NC(=O)c2ccc(NC(=O)C(NC(=O)C3CCN(CC(=O)Nc4cc(C(=O)N5CCCC(C)C5)ccc4Cl)CC3)C(C)C)cc2)cc1F. The van der Waals surface area contributed by atoms with Crippen molar-refractivity contribution in [1.29, 1.82) is 0 Å². The van der Waals surface area contributed by atoms with Gasteiger partial charge in [0.1, 0.15) is 11.9 Å². The van der Waals surface area contributed by atoms with E-state index in [1.165, 1.54) is 6.07 Å². The maximum absolute atomic E-state index is 13.9. The van der Waals surface area contributed by atoms with Crippen LogP contribution >= 0.6 is 11.6 Å². The zero-order valence-corrected chi connectivity index (χ0v) is 31.4. The number of halogens is 2. The smallest absolute Gasteiger partial charge is 0.255 e. The Hall–Kier alpha value is -4.81. The van der Waals surface area contributed by atoms with Gasteiger partial charge in [0.05, 0.1) is 17.3 Å². The maximum Gasteiger partial charge on any atom is 0.255 e. The molecule has 2 saturated heterocycles. The fourth-order valence-electron chi connectivity index (χ4n) is 6.66. The van der Waals surface area contributed by atoms with Crippen LogP contribution in [0.3, 0.4) is 0 Å². The molecule has 2 heterocycles. The second kappa shape index (κ2) is 17.8. The van der Waals surface area contributed by atoms with Gasteiger partial charge in [0.15, 0.2) is 0 Å². The van der Waals surface area contributed by atoms with Gasteiger partial charge < -0.3 is 26.2 Å². The Kier molecular flexibility index (Phi) is 13.2. The van der Waals surface area contributed by atoms with Crippen LogP contribution in [0.15, 0.2) is 60.7 Å². The Balaban J connectivity index is 1.08. The minimum Gasteiger partial charge on any atom is -0.344 e. The van der Waals surface area contributed by atoms with Crippen molar-refractivity contribution in [2.45, 2.75) is 59.4 Å². The number of likely N-dealkylation sites (tertiary alicyclic amines) is 2. The Morgan fingerprint density at radius 1 is 0.849 bits per heavy atom. The molecule has 2 aliphatic heterocycles. The number of carbonyl (C=O) groups is 5. The average molecular weight is 747 g/mol. The summed E-state index contributed by atoms with van der Waals surface area (Å²) in [6, 6.07) is 14.9. The van der Waals surface area contributed by atoms with Crippen LogP contribution in [-0.2, 0) is 14.4 Å². The van der Waals surface area contributed by atoms with Crippen LogP contribution < -0.4 is 21.3 Å². The molecule has 3 aromatic rings. The van der Waals surface area contributed by atoms with Crippen LogP contribution in [0.1, 0.15) is 72.7 Å². The van der Waals surface area contributed by atoms with Gasteiger partial charge >= 0.3 is 0 Å². The average Bonchev–Trinajstić information content (AvgIpc) is 3.13. The number of hydrogen-bond donors (Lipinski definition) is 4. The summed E-state index contributed by atoms with van der Waals surface area (Å²) in [6.45, 7) is 10.0. The van der Waals surface area contributed by atoms with Gasteiger partial charge in [-0.1, -0.05) is 38.4 Å². The Morgan fingerprint density at radius 2 is 1.53 bits per heavy atom. The molecule has 0 radical (unpaired) electrons. The summed E-state index contributed by atoms with van der Waals surface area (Å²) in [6.07, 6.45) is 3.11. The summed E-state index contributed by atoms with van der Waals surface area (Å²) in [7, 11) is 0. The summed E-state index contributed by atoms with van der Waals surface area (Å²) < 4.78 is 13.9. The largest absolute Gasteiger partial charge is 0.344 e. The molecule has 3 aromatic carbocycles. The minimum absolute atomic E-state index is 0.0731. The van der Waals surface area contributed by atoms with Crippen molar-refractivity contribution in [3.05, 3.63) is 88.2 Å². The first-order valence-corrected chi connectivity index (χ1v) is 18.5. The first-order chi connectivity index (χ1) is 25.3. The number of carbonyl (C=O) groups excluding carboxylic acids is 5. The van der Waals surface area contributed by atoms with Crippen LogP contribution in [0.5, 0.6) is 0 Å². The number of hydrogen-bond acceptors (Lipinski definition) is 6. The lowest BCUT2D eigenvalue weighted by molar-refractivity contribution is -0.131. The van der Waals surface area contributed by atoms with Gasteiger partial charge in [-0.3, -0.25) is 28.9 Å². The van der Waals surface area contributed by atoms with Crippen LogP contribution in [0, 0.1) is 30.5 Å². The zero-order valence-electron chi connectivity index (χ0n) is 30.6. The van der Waals surface area contributed by atoms with Gasteiger partial charge in [0, 0.05) is 41.5 Å². The first-order valence-electron chi connectivity index (χ1n) is 18.2. The quantitative estimate of drug-likeness (QED) is 0.181. The number of benzene rings is 3. The van der Waals surface area contributed by atoms with E-state index in [9.17, 15) is 28.4 Å². The molecule has 5 rings (SSSR count). The van der Waals surface area contributed by atoms with Crippen molar-refractivity contribution in [3.8, 4) is 0 Å². The lowest BCUT2D eigenvalue weighted by Crippen LogP contribution is -2.50. The highest BCUT2D eigenvalue weighted by Gasteiger charge is 2.31. The Labute approximate surface area is 315 Å². The molecule has 2 aliphatic rings. The number of nitrogens with one attached hydrogen (secondary N) is 4. The molecule has 13 heteroatoms. The van der Waals surface area contributed by atoms with Crippen LogP contribution in [-0.4, -0.2) is 78.1 Å². The van der Waals surface area contributed by atoms with E-state index in [4.69, 9.17) is 11.6 Å². The van der Waals surface area contributed by atoms with Gasteiger partial charge in [-0.2, -0.15) is 0 Å². The Morgan fingerprint density at radius 3 is 2.19 bits per heavy atom. The number of aryl methyl sites for hydroxylation is 1. The predicted octanol–water partition coefficient (Wildman–Crippen LogP) is 6.34. The summed E-state index contributed by atoms with van der Waals surface area (Å²) in [4.78, 5) is 69.1. The van der Waals surface area contributed by atoms with E-state index in [0.29, 0.717) is 83.7 Å². The standard InChI is InChI=1S/C40H48ClFN6O5/c1-24(2)36(39(52)43-30-12-8-27(9-13-30)37(50)44-31-11-7-26(4)33(42)21-31)46-38(51)28-15-18-47(19-16-28)23-35(49)45-34-20-29(10-14-32(34)41)40(53)48-17-5-6-25(3)22-48/h7-14,20-21,24-25,28,36H,5-6,15-19,22-23H2,1-4H3,(H,43,52)(H,44,50)(H,45,49)(H,46,51). The normalized spacial score (nSPS) is 17.2. The third kappa shape index (κ3) is 10.6. The van der Waals surface area contributed by atoms with E-state index in [-0.39, 0.29) is 42.0 Å². The topological polar surface area (TPSA) is 140 Å². The summed E-state index contributed by atoms with van der Waals surface area (Å²) in [5.74, 6) is -1.86. The number of rotatable bonds is 11. The minimum atomic E-state index is -0.795. The molecule has 0 aliphatic carbocycles. The number of nitrogens with zero attached hydrogens (tertiary/aromatic N) is 2.